The second-order valence-electron chi connectivity index (χ2n) is 7.54. The van der Waals surface area contributed by atoms with Crippen LogP contribution in [0.1, 0.15) is 35.2 Å². The maximum absolute atomic E-state index is 14.8. The number of nitrogens with two attached hydrogens (primary N) is 1. The molecular formula is C21H26F3N7O. The summed E-state index contributed by atoms with van der Waals surface area (Å²) >= 11 is 0. The average Bonchev–Trinajstić information content (AvgIpc) is 2.74. The highest BCUT2D eigenvalue weighted by Gasteiger charge is 2.46. The molecule has 0 aliphatic heterocycles. The Morgan fingerprint density at radius 1 is 1.28 bits per heavy atom. The molecule has 2 atom stereocenters. The third kappa shape index (κ3) is 4.62. The number of benzene rings is 1. The summed E-state index contributed by atoms with van der Waals surface area (Å²) in [5.74, 6) is -5.09. The lowest BCUT2D eigenvalue weighted by molar-refractivity contribution is -0.0654. The van der Waals surface area contributed by atoms with E-state index in [-0.39, 0.29) is 30.0 Å². The molecule has 0 radical (unpaired) electrons. The molecule has 1 aromatic heterocycles. The summed E-state index contributed by atoms with van der Waals surface area (Å²) in [6.45, 7) is 0. The first-order valence-corrected chi connectivity index (χ1v) is 10.1. The number of alkyl halides is 2. The highest BCUT2D eigenvalue weighted by atomic mass is 19.3. The van der Waals surface area contributed by atoms with Crippen LogP contribution in [0, 0.1) is 11.2 Å². The van der Waals surface area contributed by atoms with Crippen molar-refractivity contribution in [1.29, 1.82) is 5.41 Å². The molecular weight excluding hydrogens is 423 g/mol. The molecule has 1 fully saturated rings. The average molecular weight is 449 g/mol. The van der Waals surface area contributed by atoms with Crippen molar-refractivity contribution in [3.63, 3.8) is 0 Å². The van der Waals surface area contributed by atoms with Gasteiger partial charge in [0.25, 0.3) is 11.8 Å². The second-order valence-corrected chi connectivity index (χ2v) is 7.54. The molecule has 2 aromatic rings. The maximum Gasteiger partial charge on any atom is 0.265 e. The van der Waals surface area contributed by atoms with Crippen LogP contribution in [-0.4, -0.2) is 49.2 Å². The number of anilines is 4. The lowest BCUT2D eigenvalue weighted by Gasteiger charge is -2.38. The Kier molecular flexibility index (Phi) is 6.87. The fraction of sp³-hybridized carbons (Fsp3) is 0.381. The maximum atomic E-state index is 14.8. The summed E-state index contributed by atoms with van der Waals surface area (Å²) in [5.41, 5.74) is 6.75. The molecule has 172 valence electrons. The van der Waals surface area contributed by atoms with Crippen molar-refractivity contribution >= 4 is 35.1 Å². The van der Waals surface area contributed by atoms with Crippen LogP contribution in [0.3, 0.4) is 0 Å². The fourth-order valence-corrected chi connectivity index (χ4v) is 3.97. The Morgan fingerprint density at radius 2 is 2.00 bits per heavy atom. The van der Waals surface area contributed by atoms with Gasteiger partial charge in [-0.3, -0.25) is 4.79 Å². The van der Waals surface area contributed by atoms with E-state index >= 15 is 0 Å². The van der Waals surface area contributed by atoms with Crippen molar-refractivity contribution in [3.05, 3.63) is 41.2 Å². The molecule has 7 N–H and O–H groups in total. The van der Waals surface area contributed by atoms with Gasteiger partial charge in [-0.2, -0.15) is 0 Å². The number of carbonyl (C=O) groups excluding carboxylic acids is 1. The van der Waals surface area contributed by atoms with E-state index in [4.69, 9.17) is 11.1 Å². The zero-order valence-electron chi connectivity index (χ0n) is 17.7. The number of halogens is 3. The van der Waals surface area contributed by atoms with Crippen molar-refractivity contribution < 1.29 is 18.0 Å². The predicted molar refractivity (Wildman–Crippen MR) is 119 cm³/mol. The number of nitrogens with one attached hydrogen (secondary N) is 5. The Hall–Kier alpha value is -3.34. The van der Waals surface area contributed by atoms with Crippen LogP contribution in [0.4, 0.5) is 36.2 Å². The van der Waals surface area contributed by atoms with Crippen molar-refractivity contribution in [2.24, 2.45) is 5.73 Å². The summed E-state index contributed by atoms with van der Waals surface area (Å²) in [6.07, 6.45) is 1.52. The first-order valence-electron chi connectivity index (χ1n) is 10.1. The van der Waals surface area contributed by atoms with Gasteiger partial charge in [-0.15, -0.1) is 0 Å². The minimum absolute atomic E-state index is 0.0543. The van der Waals surface area contributed by atoms with Gasteiger partial charge in [0.15, 0.2) is 11.6 Å². The molecule has 0 saturated heterocycles. The van der Waals surface area contributed by atoms with Crippen molar-refractivity contribution in [3.8, 4) is 0 Å². The van der Waals surface area contributed by atoms with Crippen LogP contribution in [0.25, 0.3) is 0 Å². The molecule has 1 saturated carbocycles. The standard InChI is InChI=1S/C21H26F3N7O/c1-27-14-5-3-6-15(12(14)10-25)29-19-11(18(26)32)9-13(22)20(31-19)30-16-7-4-8-21(23,24)17(16)28-2/h3,5-6,9-10,16-17,25,27-28H,4,7-8H2,1-2H3,(H2,26,32)(H2,29,30,31)/t16?,17-/m1/s1. The number of hydrogen-bond donors (Lipinski definition) is 6. The Balaban J connectivity index is 2.00. The van der Waals surface area contributed by atoms with E-state index in [1.807, 2.05) is 0 Å². The number of aromatic nitrogens is 1. The van der Waals surface area contributed by atoms with Gasteiger partial charge in [0.2, 0.25) is 0 Å². The van der Waals surface area contributed by atoms with Gasteiger partial charge in [0.1, 0.15) is 5.82 Å². The highest BCUT2D eigenvalue weighted by molar-refractivity contribution is 6.00. The molecule has 32 heavy (non-hydrogen) atoms. The van der Waals surface area contributed by atoms with Crippen LogP contribution >= 0.6 is 0 Å². The van der Waals surface area contributed by atoms with Crippen LogP contribution in [0.5, 0.6) is 0 Å². The smallest absolute Gasteiger partial charge is 0.265 e. The van der Waals surface area contributed by atoms with Gasteiger partial charge in [-0.25, -0.2) is 18.2 Å². The zero-order chi connectivity index (χ0) is 23.5. The number of likely N-dealkylation sites (N-methyl/N-ethyl adjacent to an activating group) is 1. The molecule has 1 aliphatic rings. The first kappa shape index (κ1) is 23.3. The van der Waals surface area contributed by atoms with E-state index < -0.39 is 29.7 Å². The molecule has 8 nitrogen and oxygen atoms in total. The van der Waals surface area contributed by atoms with Gasteiger partial charge < -0.3 is 32.4 Å². The van der Waals surface area contributed by atoms with Gasteiger partial charge in [0.05, 0.1) is 17.3 Å². The quantitative estimate of drug-likeness (QED) is 0.343. The number of hydrogen-bond acceptors (Lipinski definition) is 7. The van der Waals surface area contributed by atoms with E-state index in [9.17, 15) is 18.0 Å². The number of rotatable bonds is 8. The molecule has 1 heterocycles. The van der Waals surface area contributed by atoms with Crippen molar-refractivity contribution in [2.75, 3.05) is 30.0 Å². The highest BCUT2D eigenvalue weighted by Crippen LogP contribution is 2.35. The Labute approximate surface area is 183 Å². The lowest BCUT2D eigenvalue weighted by Crippen LogP contribution is -2.56. The SMILES string of the molecule is CNc1cccc(Nc2nc(NC3CCCC(F)(F)[C@@H]3NC)c(F)cc2C(N)=O)c1C=N. The molecule has 0 bridgehead atoms. The van der Waals surface area contributed by atoms with Crippen molar-refractivity contribution in [2.45, 2.75) is 37.3 Å². The number of carbonyl (C=O) groups is 1. The lowest BCUT2D eigenvalue weighted by atomic mass is 9.87. The number of pyridine rings is 1. The summed E-state index contributed by atoms with van der Waals surface area (Å²) in [7, 11) is 3.12. The van der Waals surface area contributed by atoms with Gasteiger partial charge in [-0.05, 0) is 38.1 Å². The largest absolute Gasteiger partial charge is 0.388 e. The van der Waals surface area contributed by atoms with E-state index in [0.717, 1.165) is 12.3 Å². The third-order valence-corrected chi connectivity index (χ3v) is 5.53. The Morgan fingerprint density at radius 3 is 2.62 bits per heavy atom. The van der Waals surface area contributed by atoms with Crippen LogP contribution in [0.2, 0.25) is 0 Å². The van der Waals surface area contributed by atoms with Gasteiger partial charge >= 0.3 is 0 Å². The monoisotopic (exact) mass is 449 g/mol. The van der Waals surface area contributed by atoms with E-state index in [2.05, 4.69) is 26.3 Å². The van der Waals surface area contributed by atoms with Crippen molar-refractivity contribution in [1.82, 2.24) is 10.3 Å². The van der Waals surface area contributed by atoms with Gasteiger partial charge in [0, 0.05) is 37.0 Å². The molecule has 3 rings (SSSR count). The summed E-state index contributed by atoms with van der Waals surface area (Å²) in [6, 6.07) is 4.07. The topological polar surface area (TPSA) is 128 Å². The molecule has 1 unspecified atom stereocenters. The number of amides is 1. The minimum atomic E-state index is -2.96. The molecule has 1 amide bonds. The van der Waals surface area contributed by atoms with E-state index in [1.54, 1.807) is 25.2 Å². The predicted octanol–water partition coefficient (Wildman–Crippen LogP) is 3.29. The summed E-state index contributed by atoms with van der Waals surface area (Å²) in [4.78, 5) is 16.1. The van der Waals surface area contributed by atoms with Gasteiger partial charge in [-0.1, -0.05) is 6.07 Å². The molecule has 0 spiro atoms. The summed E-state index contributed by atoms with van der Waals surface area (Å²) < 4.78 is 43.4. The first-order chi connectivity index (χ1) is 15.2. The van der Waals surface area contributed by atoms with E-state index in [1.165, 1.54) is 7.05 Å². The van der Waals surface area contributed by atoms with Crippen LogP contribution in [0.15, 0.2) is 24.3 Å². The number of primary amides is 1. The van der Waals surface area contributed by atoms with Crippen LogP contribution < -0.4 is 27.0 Å². The number of nitrogens with zero attached hydrogens (tertiary/aromatic N) is 1. The zero-order valence-corrected chi connectivity index (χ0v) is 17.7. The normalized spacial score (nSPS) is 19.8. The third-order valence-electron chi connectivity index (χ3n) is 5.53. The fourth-order valence-electron chi connectivity index (χ4n) is 3.97. The van der Waals surface area contributed by atoms with Crippen LogP contribution in [-0.2, 0) is 0 Å². The second kappa shape index (κ2) is 9.43. The molecule has 1 aromatic carbocycles. The summed E-state index contributed by atoms with van der Waals surface area (Å²) in [5, 5.41) is 18.9. The molecule has 11 heteroatoms. The van der Waals surface area contributed by atoms with E-state index in [0.29, 0.717) is 23.4 Å². The Bertz CT molecular complexity index is 1020. The minimum Gasteiger partial charge on any atom is -0.388 e. The molecule has 1 aliphatic carbocycles.